The zero-order chi connectivity index (χ0) is 16.2. The first-order valence-electron chi connectivity index (χ1n) is 7.16. The van der Waals surface area contributed by atoms with Gasteiger partial charge in [-0.1, -0.05) is 34.1 Å². The second-order valence-corrected chi connectivity index (χ2v) is 5.96. The number of para-hydroxylation sites is 1. The van der Waals surface area contributed by atoms with E-state index in [2.05, 4.69) is 26.3 Å². The summed E-state index contributed by atoms with van der Waals surface area (Å²) in [5, 5.41) is 8.31. The molecule has 1 heterocycles. The highest BCUT2D eigenvalue weighted by Crippen LogP contribution is 2.22. The maximum Gasteiger partial charge on any atom is 0.271 e. The van der Waals surface area contributed by atoms with Crippen molar-refractivity contribution in [2.75, 3.05) is 10.3 Å². The molecule has 0 atom stereocenters. The van der Waals surface area contributed by atoms with E-state index in [0.29, 0.717) is 23.5 Å². The van der Waals surface area contributed by atoms with Gasteiger partial charge in [0.1, 0.15) is 5.71 Å². The Morgan fingerprint density at radius 1 is 1.04 bits per heavy atom. The number of carbonyl (C=O) groups is 2. The van der Waals surface area contributed by atoms with Crippen LogP contribution in [0.25, 0.3) is 0 Å². The number of benzene rings is 2. The molecule has 1 aliphatic heterocycles. The lowest BCUT2D eigenvalue weighted by Crippen LogP contribution is -2.36. The van der Waals surface area contributed by atoms with Crippen LogP contribution in [-0.4, -0.2) is 17.5 Å². The number of nitrogens with one attached hydrogen (secondary N) is 1. The fourth-order valence-corrected chi connectivity index (χ4v) is 2.49. The standard InChI is InChI=1S/C17H14BrN3O2/c18-12-6-8-14(9-7-12)21-16(22)11-10-15(20-21)17(23)19-13-4-2-1-3-5-13/h1-9H,10-11H2,(H,19,23). The summed E-state index contributed by atoms with van der Waals surface area (Å²) in [6.45, 7) is 0. The van der Waals surface area contributed by atoms with Crippen molar-refractivity contribution in [3.8, 4) is 0 Å². The van der Waals surface area contributed by atoms with Crippen molar-refractivity contribution in [2.45, 2.75) is 12.8 Å². The fraction of sp³-hybridized carbons (Fsp3) is 0.118. The summed E-state index contributed by atoms with van der Waals surface area (Å²) in [5.74, 6) is -0.408. The van der Waals surface area contributed by atoms with Crippen LogP contribution in [0, 0.1) is 0 Å². The molecular weight excluding hydrogens is 358 g/mol. The van der Waals surface area contributed by atoms with Crippen LogP contribution < -0.4 is 10.3 Å². The van der Waals surface area contributed by atoms with Crippen molar-refractivity contribution in [1.29, 1.82) is 0 Å². The van der Waals surface area contributed by atoms with Gasteiger partial charge < -0.3 is 5.32 Å². The van der Waals surface area contributed by atoms with Crippen LogP contribution in [0.15, 0.2) is 64.2 Å². The van der Waals surface area contributed by atoms with Crippen LogP contribution in [0.4, 0.5) is 11.4 Å². The van der Waals surface area contributed by atoms with Gasteiger partial charge in [-0.2, -0.15) is 5.10 Å². The van der Waals surface area contributed by atoms with Gasteiger partial charge >= 0.3 is 0 Å². The predicted molar refractivity (Wildman–Crippen MR) is 93.4 cm³/mol. The molecule has 3 rings (SSSR count). The monoisotopic (exact) mass is 371 g/mol. The van der Waals surface area contributed by atoms with Crippen molar-refractivity contribution < 1.29 is 9.59 Å². The Balaban J connectivity index is 1.82. The molecule has 1 aliphatic rings. The van der Waals surface area contributed by atoms with Gasteiger partial charge in [0.2, 0.25) is 5.91 Å². The summed E-state index contributed by atoms with van der Waals surface area (Å²) >= 11 is 3.35. The van der Waals surface area contributed by atoms with Gasteiger partial charge in [-0.25, -0.2) is 5.01 Å². The first-order valence-corrected chi connectivity index (χ1v) is 7.95. The molecule has 0 bridgehead atoms. The molecule has 2 amide bonds. The molecule has 0 spiro atoms. The zero-order valence-electron chi connectivity index (χ0n) is 12.2. The van der Waals surface area contributed by atoms with Crippen molar-refractivity contribution in [1.82, 2.24) is 0 Å². The maximum absolute atomic E-state index is 12.3. The summed E-state index contributed by atoms with van der Waals surface area (Å²) in [4.78, 5) is 24.4. The summed E-state index contributed by atoms with van der Waals surface area (Å²) in [7, 11) is 0. The van der Waals surface area contributed by atoms with E-state index in [1.54, 1.807) is 24.3 Å². The molecule has 0 fully saturated rings. The van der Waals surface area contributed by atoms with Crippen molar-refractivity contribution >= 4 is 44.8 Å². The average Bonchev–Trinajstić information content (AvgIpc) is 2.57. The van der Waals surface area contributed by atoms with Gasteiger partial charge in [0.25, 0.3) is 5.91 Å². The maximum atomic E-state index is 12.3. The highest BCUT2D eigenvalue weighted by atomic mass is 79.9. The van der Waals surface area contributed by atoms with E-state index < -0.39 is 0 Å². The van der Waals surface area contributed by atoms with Crippen LogP contribution in [0.1, 0.15) is 12.8 Å². The number of hydrogen-bond acceptors (Lipinski definition) is 3. The second kappa shape index (κ2) is 6.75. The zero-order valence-corrected chi connectivity index (χ0v) is 13.8. The molecule has 0 aromatic heterocycles. The van der Waals surface area contributed by atoms with Crippen molar-refractivity contribution in [2.24, 2.45) is 5.10 Å². The lowest BCUT2D eigenvalue weighted by atomic mass is 10.1. The summed E-state index contributed by atoms with van der Waals surface area (Å²) in [6.07, 6.45) is 0.599. The number of hydrazone groups is 1. The van der Waals surface area contributed by atoms with Gasteiger partial charge in [-0.3, -0.25) is 9.59 Å². The van der Waals surface area contributed by atoms with E-state index >= 15 is 0 Å². The number of amides is 2. The van der Waals surface area contributed by atoms with Crippen LogP contribution in [0.2, 0.25) is 0 Å². The van der Waals surface area contributed by atoms with Crippen molar-refractivity contribution in [3.63, 3.8) is 0 Å². The molecule has 5 nitrogen and oxygen atoms in total. The molecule has 0 unspecified atom stereocenters. The summed E-state index contributed by atoms with van der Waals surface area (Å²) in [5.41, 5.74) is 1.69. The Morgan fingerprint density at radius 3 is 2.43 bits per heavy atom. The molecule has 23 heavy (non-hydrogen) atoms. The van der Waals surface area contributed by atoms with Crippen molar-refractivity contribution in [3.05, 3.63) is 59.1 Å². The van der Waals surface area contributed by atoms with Gasteiger partial charge in [0, 0.05) is 23.0 Å². The highest BCUT2D eigenvalue weighted by molar-refractivity contribution is 9.10. The van der Waals surface area contributed by atoms with Crippen LogP contribution >= 0.6 is 15.9 Å². The Kier molecular flexibility index (Phi) is 4.52. The van der Waals surface area contributed by atoms with Crippen LogP contribution in [0.5, 0.6) is 0 Å². The first-order chi connectivity index (χ1) is 11.1. The molecule has 0 saturated heterocycles. The summed E-state index contributed by atoms with van der Waals surface area (Å²) < 4.78 is 0.914. The molecular formula is C17H14BrN3O2. The number of nitrogens with zero attached hydrogens (tertiary/aromatic N) is 2. The van der Waals surface area contributed by atoms with E-state index in [0.717, 1.165) is 4.47 Å². The van der Waals surface area contributed by atoms with E-state index in [1.165, 1.54) is 5.01 Å². The second-order valence-electron chi connectivity index (χ2n) is 5.05. The van der Waals surface area contributed by atoms with Gasteiger partial charge in [-0.05, 0) is 36.4 Å². The molecule has 0 radical (unpaired) electrons. The van der Waals surface area contributed by atoms with Gasteiger partial charge in [0.05, 0.1) is 5.69 Å². The average molecular weight is 372 g/mol. The molecule has 1 N–H and O–H groups in total. The number of carbonyl (C=O) groups excluding carboxylic acids is 2. The lowest BCUT2D eigenvalue weighted by Gasteiger charge is -2.23. The third kappa shape index (κ3) is 3.65. The molecule has 2 aromatic rings. The Labute approximate surface area is 142 Å². The number of rotatable bonds is 3. The Hall–Kier alpha value is -2.47. The molecule has 0 aliphatic carbocycles. The third-order valence-corrected chi connectivity index (χ3v) is 3.93. The first kappa shape index (κ1) is 15.4. The van der Waals surface area contributed by atoms with Gasteiger partial charge in [0.15, 0.2) is 0 Å². The minimum atomic E-state index is -0.286. The van der Waals surface area contributed by atoms with E-state index in [4.69, 9.17) is 0 Å². The normalized spacial score (nSPS) is 14.4. The van der Waals surface area contributed by atoms with Gasteiger partial charge in [-0.15, -0.1) is 0 Å². The largest absolute Gasteiger partial charge is 0.321 e. The minimum Gasteiger partial charge on any atom is -0.321 e. The highest BCUT2D eigenvalue weighted by Gasteiger charge is 2.25. The van der Waals surface area contributed by atoms with Crippen LogP contribution in [-0.2, 0) is 9.59 Å². The van der Waals surface area contributed by atoms with E-state index in [-0.39, 0.29) is 18.2 Å². The number of anilines is 2. The molecule has 6 heteroatoms. The Morgan fingerprint density at radius 2 is 1.74 bits per heavy atom. The molecule has 116 valence electrons. The SMILES string of the molecule is O=C(Nc1ccccc1)C1=NN(c2ccc(Br)cc2)C(=O)CC1. The Bertz CT molecular complexity index is 757. The molecule has 0 saturated carbocycles. The molecule has 2 aromatic carbocycles. The summed E-state index contributed by atoms with van der Waals surface area (Å²) in [6, 6.07) is 16.4. The lowest BCUT2D eigenvalue weighted by molar-refractivity contribution is -0.118. The van der Waals surface area contributed by atoms with E-state index in [9.17, 15) is 9.59 Å². The minimum absolute atomic E-state index is 0.122. The predicted octanol–water partition coefficient (Wildman–Crippen LogP) is 3.57. The smallest absolute Gasteiger partial charge is 0.271 e. The number of hydrogen-bond donors (Lipinski definition) is 1. The fourth-order valence-electron chi connectivity index (χ4n) is 2.23. The number of halogens is 1. The quantitative estimate of drug-likeness (QED) is 0.896. The van der Waals surface area contributed by atoms with E-state index in [1.807, 2.05) is 30.3 Å². The topological polar surface area (TPSA) is 61.8 Å². The third-order valence-electron chi connectivity index (χ3n) is 3.40. The van der Waals surface area contributed by atoms with Crippen LogP contribution in [0.3, 0.4) is 0 Å².